The number of fused-ring (bicyclic) bond motifs is 1. The molecule has 5 heteroatoms. The molecule has 0 aliphatic heterocycles. The molecule has 3 rings (SSSR count). The summed E-state index contributed by atoms with van der Waals surface area (Å²) >= 11 is 5.84. The summed E-state index contributed by atoms with van der Waals surface area (Å²) in [5.41, 5.74) is 2.25. The number of aromatic nitrogens is 2. The Hall–Kier alpha value is -2.33. The Kier molecular flexibility index (Phi) is 3.62. The fourth-order valence-corrected chi connectivity index (χ4v) is 2.35. The van der Waals surface area contributed by atoms with Crippen LogP contribution in [0.1, 0.15) is 21.9 Å². The highest BCUT2D eigenvalue weighted by molar-refractivity contribution is 6.30. The van der Waals surface area contributed by atoms with Gasteiger partial charge < -0.3 is 9.72 Å². The van der Waals surface area contributed by atoms with Gasteiger partial charge in [0.05, 0.1) is 5.52 Å². The van der Waals surface area contributed by atoms with Crippen LogP contribution in [0.4, 0.5) is 0 Å². The Bertz CT molecular complexity index is 793. The number of nitrogens with one attached hydrogen (secondary N) is 1. The molecule has 0 saturated carbocycles. The SMILES string of the molecule is Cc1nc(C(=O)NCc2ccc(Cl)cc2)c2ccccn12. The van der Waals surface area contributed by atoms with Crippen LogP contribution in [0.25, 0.3) is 5.52 Å². The molecule has 1 aromatic carbocycles. The van der Waals surface area contributed by atoms with Crippen molar-refractivity contribution in [2.24, 2.45) is 0 Å². The van der Waals surface area contributed by atoms with Crippen molar-refractivity contribution in [2.75, 3.05) is 0 Å². The summed E-state index contributed by atoms with van der Waals surface area (Å²) < 4.78 is 1.90. The molecule has 0 bridgehead atoms. The van der Waals surface area contributed by atoms with Gasteiger partial charge in [-0.1, -0.05) is 29.8 Å². The van der Waals surface area contributed by atoms with Crippen LogP contribution in [0, 0.1) is 6.92 Å². The molecule has 0 unspecified atom stereocenters. The van der Waals surface area contributed by atoms with Gasteiger partial charge in [0.1, 0.15) is 5.82 Å². The zero-order valence-corrected chi connectivity index (χ0v) is 12.3. The second-order valence-corrected chi connectivity index (χ2v) is 5.21. The van der Waals surface area contributed by atoms with Crippen LogP contribution in [0.15, 0.2) is 48.7 Å². The molecule has 0 saturated heterocycles. The van der Waals surface area contributed by atoms with E-state index in [4.69, 9.17) is 11.6 Å². The standard InChI is InChI=1S/C16H14ClN3O/c1-11-19-15(14-4-2-3-9-20(11)14)16(21)18-10-12-5-7-13(17)8-6-12/h2-9H,10H2,1H3,(H,18,21). The van der Waals surface area contributed by atoms with E-state index in [1.807, 2.05) is 47.9 Å². The number of amides is 1. The zero-order valence-electron chi connectivity index (χ0n) is 11.5. The predicted molar refractivity (Wildman–Crippen MR) is 82.6 cm³/mol. The molecular formula is C16H14ClN3O. The molecule has 2 heterocycles. The average Bonchev–Trinajstić information content (AvgIpc) is 2.84. The van der Waals surface area contributed by atoms with Gasteiger partial charge in [0.25, 0.3) is 5.91 Å². The van der Waals surface area contributed by atoms with Crippen LogP contribution in [0.3, 0.4) is 0 Å². The Morgan fingerprint density at radius 1 is 1.24 bits per heavy atom. The topological polar surface area (TPSA) is 46.4 Å². The first-order chi connectivity index (χ1) is 10.1. The summed E-state index contributed by atoms with van der Waals surface area (Å²) in [6.07, 6.45) is 1.90. The number of nitrogens with zero attached hydrogens (tertiary/aromatic N) is 2. The van der Waals surface area contributed by atoms with Crippen molar-refractivity contribution >= 4 is 23.0 Å². The quantitative estimate of drug-likeness (QED) is 0.807. The van der Waals surface area contributed by atoms with Gasteiger partial charge in [-0.2, -0.15) is 0 Å². The van der Waals surface area contributed by atoms with Crippen molar-refractivity contribution in [2.45, 2.75) is 13.5 Å². The van der Waals surface area contributed by atoms with E-state index in [9.17, 15) is 4.79 Å². The Morgan fingerprint density at radius 3 is 2.76 bits per heavy atom. The number of hydrogen-bond acceptors (Lipinski definition) is 2. The molecule has 0 aliphatic carbocycles. The van der Waals surface area contributed by atoms with Gasteiger partial charge in [0, 0.05) is 17.8 Å². The first kappa shape index (κ1) is 13.6. The van der Waals surface area contributed by atoms with E-state index in [2.05, 4.69) is 10.3 Å². The van der Waals surface area contributed by atoms with Crippen molar-refractivity contribution in [3.63, 3.8) is 0 Å². The summed E-state index contributed by atoms with van der Waals surface area (Å²) in [7, 11) is 0. The lowest BCUT2D eigenvalue weighted by Gasteiger charge is -2.04. The second kappa shape index (κ2) is 5.58. The van der Waals surface area contributed by atoms with Crippen LogP contribution in [-0.4, -0.2) is 15.3 Å². The molecule has 3 aromatic rings. The number of pyridine rings is 1. The van der Waals surface area contributed by atoms with Gasteiger partial charge in [0.2, 0.25) is 0 Å². The first-order valence-corrected chi connectivity index (χ1v) is 6.99. The minimum atomic E-state index is -0.179. The smallest absolute Gasteiger partial charge is 0.272 e. The van der Waals surface area contributed by atoms with Crippen molar-refractivity contribution in [1.82, 2.24) is 14.7 Å². The lowest BCUT2D eigenvalue weighted by molar-refractivity contribution is 0.0948. The highest BCUT2D eigenvalue weighted by Gasteiger charge is 2.14. The molecule has 21 heavy (non-hydrogen) atoms. The number of rotatable bonds is 3. The van der Waals surface area contributed by atoms with E-state index in [1.165, 1.54) is 0 Å². The van der Waals surface area contributed by atoms with Crippen molar-refractivity contribution in [1.29, 1.82) is 0 Å². The Balaban J connectivity index is 1.79. The van der Waals surface area contributed by atoms with Gasteiger partial charge in [-0.3, -0.25) is 4.79 Å². The third-order valence-corrected chi connectivity index (χ3v) is 3.56. The number of carbonyl (C=O) groups is 1. The normalized spacial score (nSPS) is 10.8. The van der Waals surface area contributed by atoms with Crippen molar-refractivity contribution in [3.05, 3.63) is 70.8 Å². The average molecular weight is 300 g/mol. The van der Waals surface area contributed by atoms with Crippen molar-refractivity contribution in [3.8, 4) is 0 Å². The van der Waals surface area contributed by atoms with E-state index in [0.29, 0.717) is 17.3 Å². The van der Waals surface area contributed by atoms with E-state index < -0.39 is 0 Å². The number of hydrogen-bond donors (Lipinski definition) is 1. The molecule has 1 N–H and O–H groups in total. The van der Waals surface area contributed by atoms with E-state index >= 15 is 0 Å². The number of carbonyl (C=O) groups excluding carboxylic acids is 1. The van der Waals surface area contributed by atoms with Gasteiger partial charge in [-0.05, 0) is 36.8 Å². The van der Waals surface area contributed by atoms with Crippen molar-refractivity contribution < 1.29 is 4.79 Å². The van der Waals surface area contributed by atoms with E-state index in [-0.39, 0.29) is 5.91 Å². The summed E-state index contributed by atoms with van der Waals surface area (Å²) in [6, 6.07) is 13.1. The summed E-state index contributed by atoms with van der Waals surface area (Å²) in [6.45, 7) is 2.32. The maximum absolute atomic E-state index is 12.3. The molecule has 0 atom stereocenters. The number of aryl methyl sites for hydroxylation is 1. The summed E-state index contributed by atoms with van der Waals surface area (Å²) in [5, 5.41) is 3.56. The fraction of sp³-hybridized carbons (Fsp3) is 0.125. The van der Waals surface area contributed by atoms with Crippen LogP contribution < -0.4 is 5.32 Å². The first-order valence-electron chi connectivity index (χ1n) is 6.61. The Labute approximate surface area is 127 Å². The van der Waals surface area contributed by atoms with Crippen LogP contribution in [0.5, 0.6) is 0 Å². The minimum Gasteiger partial charge on any atom is -0.347 e. The molecule has 4 nitrogen and oxygen atoms in total. The van der Waals surface area contributed by atoms with E-state index in [1.54, 1.807) is 12.1 Å². The molecule has 0 radical (unpaired) electrons. The molecule has 106 valence electrons. The molecule has 0 spiro atoms. The lowest BCUT2D eigenvalue weighted by Crippen LogP contribution is -2.23. The second-order valence-electron chi connectivity index (χ2n) is 4.77. The maximum atomic E-state index is 12.3. The number of benzene rings is 1. The van der Waals surface area contributed by atoms with E-state index in [0.717, 1.165) is 16.9 Å². The highest BCUT2D eigenvalue weighted by Crippen LogP contribution is 2.13. The largest absolute Gasteiger partial charge is 0.347 e. The fourth-order valence-electron chi connectivity index (χ4n) is 2.23. The zero-order chi connectivity index (χ0) is 14.8. The third-order valence-electron chi connectivity index (χ3n) is 3.31. The summed E-state index contributed by atoms with van der Waals surface area (Å²) in [4.78, 5) is 16.6. The highest BCUT2D eigenvalue weighted by atomic mass is 35.5. The molecule has 1 amide bonds. The van der Waals surface area contributed by atoms with Gasteiger partial charge in [-0.15, -0.1) is 0 Å². The van der Waals surface area contributed by atoms with Crippen LogP contribution in [-0.2, 0) is 6.54 Å². The number of imidazole rings is 1. The monoisotopic (exact) mass is 299 g/mol. The summed E-state index contributed by atoms with van der Waals surface area (Å²) in [5.74, 6) is 0.615. The minimum absolute atomic E-state index is 0.179. The lowest BCUT2D eigenvalue weighted by atomic mass is 10.2. The van der Waals surface area contributed by atoms with Crippen LogP contribution in [0.2, 0.25) is 5.02 Å². The van der Waals surface area contributed by atoms with Crippen LogP contribution >= 0.6 is 11.6 Å². The molecule has 0 fully saturated rings. The van der Waals surface area contributed by atoms with Gasteiger partial charge in [-0.25, -0.2) is 4.98 Å². The number of halogens is 1. The predicted octanol–water partition coefficient (Wildman–Crippen LogP) is 3.23. The third kappa shape index (κ3) is 2.76. The molecule has 0 aliphatic rings. The Morgan fingerprint density at radius 2 is 2.00 bits per heavy atom. The molecule has 2 aromatic heterocycles. The molecular weight excluding hydrogens is 286 g/mol. The van der Waals surface area contributed by atoms with Gasteiger partial charge >= 0.3 is 0 Å². The van der Waals surface area contributed by atoms with Gasteiger partial charge in [0.15, 0.2) is 5.69 Å². The maximum Gasteiger partial charge on any atom is 0.272 e.